The maximum absolute atomic E-state index is 12.4. The quantitative estimate of drug-likeness (QED) is 0.924. The van der Waals surface area contributed by atoms with Crippen molar-refractivity contribution in [3.05, 3.63) is 17.0 Å². The number of hydrogen-bond donors (Lipinski definition) is 1. The zero-order valence-corrected chi connectivity index (χ0v) is 14.5. The van der Waals surface area contributed by atoms with E-state index in [2.05, 4.69) is 20.8 Å². The molecule has 0 amide bonds. The Morgan fingerprint density at radius 1 is 1.37 bits per heavy atom. The normalized spacial score (nSPS) is 14.3. The minimum Gasteiger partial charge on any atom is -0.329 e. The Morgan fingerprint density at radius 2 is 1.89 bits per heavy atom. The highest BCUT2D eigenvalue weighted by molar-refractivity contribution is 7.91. The number of hydrogen-bond acceptors (Lipinski definition) is 4. The molecule has 0 aromatic carbocycles. The van der Waals surface area contributed by atoms with Crippen LogP contribution in [-0.2, 0) is 15.4 Å². The van der Waals surface area contributed by atoms with E-state index in [0.717, 1.165) is 4.88 Å². The van der Waals surface area contributed by atoms with Crippen molar-refractivity contribution >= 4 is 33.8 Å². The Morgan fingerprint density at radius 3 is 2.26 bits per heavy atom. The van der Waals surface area contributed by atoms with Gasteiger partial charge in [-0.3, -0.25) is 0 Å². The standard InChI is InChI=1S/C12H22N2O2S2.ClH/c1-9(8-13)14(5)18(15,16)11-7-6-10(17-11)12(2,3)4;/h6-7,9H,8,13H2,1-5H3;1H. The molecule has 19 heavy (non-hydrogen) atoms. The molecule has 1 heterocycles. The molecule has 0 saturated carbocycles. The van der Waals surface area contributed by atoms with Gasteiger partial charge in [-0.15, -0.1) is 23.7 Å². The second kappa shape index (κ2) is 6.54. The van der Waals surface area contributed by atoms with Crippen molar-refractivity contribution in [3.63, 3.8) is 0 Å². The van der Waals surface area contributed by atoms with Crippen LogP contribution in [0.25, 0.3) is 0 Å². The van der Waals surface area contributed by atoms with Crippen LogP contribution in [0.2, 0.25) is 0 Å². The number of sulfonamides is 1. The fourth-order valence-electron chi connectivity index (χ4n) is 1.39. The second-order valence-electron chi connectivity index (χ2n) is 5.47. The van der Waals surface area contributed by atoms with Gasteiger partial charge in [0.1, 0.15) is 4.21 Å². The van der Waals surface area contributed by atoms with E-state index < -0.39 is 10.0 Å². The van der Waals surface area contributed by atoms with Gasteiger partial charge >= 0.3 is 0 Å². The zero-order valence-electron chi connectivity index (χ0n) is 12.0. The van der Waals surface area contributed by atoms with Crippen LogP contribution in [0.3, 0.4) is 0 Å². The van der Waals surface area contributed by atoms with Crippen molar-refractivity contribution in [1.29, 1.82) is 0 Å². The summed E-state index contributed by atoms with van der Waals surface area (Å²) < 4.78 is 26.4. The summed E-state index contributed by atoms with van der Waals surface area (Å²) in [6.07, 6.45) is 0. The van der Waals surface area contributed by atoms with Crippen LogP contribution in [0.5, 0.6) is 0 Å². The maximum Gasteiger partial charge on any atom is 0.252 e. The molecule has 4 nitrogen and oxygen atoms in total. The van der Waals surface area contributed by atoms with Gasteiger partial charge in [0, 0.05) is 24.5 Å². The highest BCUT2D eigenvalue weighted by Gasteiger charge is 2.27. The molecular weight excluding hydrogens is 304 g/mol. The molecule has 7 heteroatoms. The van der Waals surface area contributed by atoms with E-state index in [1.165, 1.54) is 15.6 Å². The lowest BCUT2D eigenvalue weighted by Gasteiger charge is -2.22. The van der Waals surface area contributed by atoms with Gasteiger partial charge in [0.15, 0.2) is 0 Å². The molecule has 0 aliphatic carbocycles. The summed E-state index contributed by atoms with van der Waals surface area (Å²) in [4.78, 5) is 1.06. The molecule has 1 atom stereocenters. The number of thiophene rings is 1. The van der Waals surface area contributed by atoms with Crippen LogP contribution >= 0.6 is 23.7 Å². The maximum atomic E-state index is 12.4. The molecule has 0 radical (unpaired) electrons. The largest absolute Gasteiger partial charge is 0.329 e. The van der Waals surface area contributed by atoms with E-state index in [0.29, 0.717) is 10.8 Å². The molecule has 0 fully saturated rings. The van der Waals surface area contributed by atoms with Gasteiger partial charge in [-0.05, 0) is 24.5 Å². The van der Waals surface area contributed by atoms with Gasteiger partial charge in [-0.1, -0.05) is 20.8 Å². The molecule has 1 rings (SSSR count). The van der Waals surface area contributed by atoms with E-state index in [9.17, 15) is 8.42 Å². The van der Waals surface area contributed by atoms with Crippen molar-refractivity contribution < 1.29 is 8.42 Å². The lowest BCUT2D eigenvalue weighted by atomic mass is 9.95. The van der Waals surface area contributed by atoms with Gasteiger partial charge in [0.05, 0.1) is 0 Å². The Balaban J connectivity index is 0.00000324. The Labute approximate surface area is 126 Å². The van der Waals surface area contributed by atoms with Crippen LogP contribution in [-0.4, -0.2) is 32.4 Å². The van der Waals surface area contributed by atoms with Gasteiger partial charge in [0.25, 0.3) is 10.0 Å². The average molecular weight is 327 g/mol. The summed E-state index contributed by atoms with van der Waals surface area (Å²) >= 11 is 1.33. The highest BCUT2D eigenvalue weighted by Crippen LogP contribution is 2.33. The van der Waals surface area contributed by atoms with Crippen molar-refractivity contribution in [3.8, 4) is 0 Å². The van der Waals surface area contributed by atoms with Crippen LogP contribution in [0.15, 0.2) is 16.3 Å². The third kappa shape index (κ3) is 4.16. The minimum atomic E-state index is -3.42. The number of nitrogens with two attached hydrogens (primary N) is 1. The Hall–Kier alpha value is -0.140. The molecular formula is C12H23ClN2O2S2. The summed E-state index contributed by atoms with van der Waals surface area (Å²) in [7, 11) is -1.85. The van der Waals surface area contributed by atoms with Gasteiger partial charge in [0.2, 0.25) is 0 Å². The Bertz CT molecular complexity index is 506. The first-order chi connectivity index (χ1) is 8.10. The zero-order chi connectivity index (χ0) is 14.1. The SMILES string of the molecule is CC(CN)N(C)S(=O)(=O)c1ccc(C(C)(C)C)s1.Cl. The summed E-state index contributed by atoms with van der Waals surface area (Å²) in [6.45, 7) is 8.33. The molecule has 0 saturated heterocycles. The van der Waals surface area contributed by atoms with Gasteiger partial charge < -0.3 is 5.73 Å². The summed E-state index contributed by atoms with van der Waals surface area (Å²) in [5, 5.41) is 0. The van der Waals surface area contributed by atoms with E-state index in [1.54, 1.807) is 20.0 Å². The van der Waals surface area contributed by atoms with Crippen molar-refractivity contribution in [2.24, 2.45) is 5.73 Å². The summed E-state index contributed by atoms with van der Waals surface area (Å²) in [5.41, 5.74) is 5.49. The van der Waals surface area contributed by atoms with Crippen molar-refractivity contribution in [1.82, 2.24) is 4.31 Å². The van der Waals surface area contributed by atoms with Gasteiger partial charge in [-0.25, -0.2) is 8.42 Å². The van der Waals surface area contributed by atoms with Crippen LogP contribution in [0.4, 0.5) is 0 Å². The van der Waals surface area contributed by atoms with Crippen LogP contribution in [0, 0.1) is 0 Å². The number of nitrogens with zero attached hydrogens (tertiary/aromatic N) is 1. The van der Waals surface area contributed by atoms with Crippen molar-refractivity contribution in [2.45, 2.75) is 43.4 Å². The third-order valence-electron chi connectivity index (χ3n) is 2.92. The molecule has 2 N–H and O–H groups in total. The second-order valence-corrected chi connectivity index (χ2v) is 8.78. The highest BCUT2D eigenvalue weighted by atomic mass is 35.5. The minimum absolute atomic E-state index is 0. The van der Waals surface area contributed by atoms with Gasteiger partial charge in [-0.2, -0.15) is 4.31 Å². The monoisotopic (exact) mass is 326 g/mol. The summed E-state index contributed by atoms with van der Waals surface area (Å²) in [6, 6.07) is 3.37. The number of halogens is 1. The first-order valence-electron chi connectivity index (χ1n) is 5.89. The first kappa shape index (κ1) is 18.9. The van der Waals surface area contributed by atoms with E-state index >= 15 is 0 Å². The molecule has 0 aliphatic heterocycles. The Kier molecular flexibility index (Phi) is 6.49. The topological polar surface area (TPSA) is 63.4 Å². The predicted molar refractivity (Wildman–Crippen MR) is 83.7 cm³/mol. The average Bonchev–Trinajstić information content (AvgIpc) is 2.76. The van der Waals surface area contributed by atoms with Crippen LogP contribution < -0.4 is 5.73 Å². The smallest absolute Gasteiger partial charge is 0.252 e. The number of likely N-dealkylation sites (N-methyl/N-ethyl adjacent to an activating group) is 1. The molecule has 1 aromatic rings. The lowest BCUT2D eigenvalue weighted by Crippen LogP contribution is -2.39. The fraction of sp³-hybridized carbons (Fsp3) is 0.667. The predicted octanol–water partition coefficient (Wildman–Crippen LogP) is 2.44. The third-order valence-corrected chi connectivity index (χ3v) is 6.87. The summed E-state index contributed by atoms with van der Waals surface area (Å²) in [5.74, 6) is 0. The molecule has 1 unspecified atom stereocenters. The molecule has 0 spiro atoms. The fourth-order valence-corrected chi connectivity index (χ4v) is 4.31. The van der Waals surface area contributed by atoms with Crippen LogP contribution in [0.1, 0.15) is 32.6 Å². The molecule has 112 valence electrons. The number of rotatable bonds is 4. The van der Waals surface area contributed by atoms with E-state index in [1.807, 2.05) is 6.07 Å². The molecule has 1 aromatic heterocycles. The lowest BCUT2D eigenvalue weighted by molar-refractivity contribution is 0.395. The van der Waals surface area contributed by atoms with E-state index in [4.69, 9.17) is 5.73 Å². The van der Waals surface area contributed by atoms with Crippen molar-refractivity contribution in [2.75, 3.05) is 13.6 Å². The molecule has 0 aliphatic rings. The first-order valence-corrected chi connectivity index (χ1v) is 8.14. The molecule has 0 bridgehead atoms. The van der Waals surface area contributed by atoms with E-state index in [-0.39, 0.29) is 23.9 Å².